The third-order valence-electron chi connectivity index (χ3n) is 5.82. The molecule has 0 fully saturated rings. The topological polar surface area (TPSA) is 82.3 Å². The van der Waals surface area contributed by atoms with Gasteiger partial charge in [0.2, 0.25) is 0 Å². The van der Waals surface area contributed by atoms with Gasteiger partial charge in [-0.25, -0.2) is 9.18 Å². The zero-order valence-electron chi connectivity index (χ0n) is 17.2. The number of hydrogen-bond acceptors (Lipinski definition) is 5. The first-order valence-electron chi connectivity index (χ1n) is 9.91. The number of aromatic nitrogens is 3. The summed E-state index contributed by atoms with van der Waals surface area (Å²) in [5.74, 6) is 0.101. The van der Waals surface area contributed by atoms with Crippen molar-refractivity contribution in [3.8, 4) is 11.3 Å². The summed E-state index contributed by atoms with van der Waals surface area (Å²) < 4.78 is 24.3. The fourth-order valence-electron chi connectivity index (χ4n) is 4.41. The van der Waals surface area contributed by atoms with Crippen LogP contribution in [0, 0.1) is 5.82 Å². The molecule has 32 heavy (non-hydrogen) atoms. The Morgan fingerprint density at radius 1 is 1.22 bits per heavy atom. The molecule has 5 rings (SSSR count). The highest BCUT2D eigenvalue weighted by Gasteiger charge is 2.37. The van der Waals surface area contributed by atoms with Crippen molar-refractivity contribution in [2.75, 3.05) is 6.61 Å². The highest BCUT2D eigenvalue weighted by atomic mass is 35.5. The fraction of sp³-hybridized carbons (Fsp3) is 0.273. The van der Waals surface area contributed by atoms with E-state index in [2.05, 4.69) is 0 Å². The average Bonchev–Trinajstić information content (AvgIpc) is 3.37. The van der Waals surface area contributed by atoms with Crippen LogP contribution in [0.1, 0.15) is 16.7 Å². The average molecular weight is 476 g/mol. The number of aliphatic hydroxyl groups is 1. The van der Waals surface area contributed by atoms with Crippen LogP contribution >= 0.6 is 23.4 Å². The molecule has 4 aromatic rings. The minimum absolute atomic E-state index is 0.108. The number of hydrogen-bond donors (Lipinski definition) is 1. The van der Waals surface area contributed by atoms with Gasteiger partial charge in [-0.1, -0.05) is 12.1 Å². The minimum atomic E-state index is -0.467. The summed E-state index contributed by atoms with van der Waals surface area (Å²) in [6, 6.07) is 9.36. The molecule has 0 radical (unpaired) electrons. The van der Waals surface area contributed by atoms with Gasteiger partial charge in [0.25, 0.3) is 5.56 Å². The van der Waals surface area contributed by atoms with Crippen molar-refractivity contribution in [1.82, 2.24) is 13.7 Å². The Bertz CT molecular complexity index is 1490. The van der Waals surface area contributed by atoms with Crippen molar-refractivity contribution < 1.29 is 13.9 Å². The van der Waals surface area contributed by atoms with E-state index in [9.17, 15) is 19.1 Å². The molecular weight excluding hydrogens is 457 g/mol. The molecule has 0 amide bonds. The van der Waals surface area contributed by atoms with Gasteiger partial charge in [-0.3, -0.25) is 13.9 Å². The lowest BCUT2D eigenvalue weighted by atomic mass is 10.1. The third kappa shape index (κ3) is 3.07. The number of fused-ring (bicyclic) bond motifs is 3. The summed E-state index contributed by atoms with van der Waals surface area (Å²) >= 11 is 7.50. The van der Waals surface area contributed by atoms with Crippen molar-refractivity contribution in [3.05, 3.63) is 79.7 Å². The second-order valence-electron chi connectivity index (χ2n) is 7.75. The van der Waals surface area contributed by atoms with Gasteiger partial charge in [0, 0.05) is 31.5 Å². The Kier molecular flexibility index (Phi) is 5.07. The molecule has 1 aromatic carbocycles. The second kappa shape index (κ2) is 7.68. The predicted molar refractivity (Wildman–Crippen MR) is 122 cm³/mol. The fourth-order valence-corrected chi connectivity index (χ4v) is 5.89. The summed E-state index contributed by atoms with van der Waals surface area (Å²) in [5, 5.41) is 9.87. The van der Waals surface area contributed by atoms with E-state index in [0.717, 1.165) is 4.57 Å². The van der Waals surface area contributed by atoms with Crippen LogP contribution in [0.4, 0.5) is 4.39 Å². The summed E-state index contributed by atoms with van der Waals surface area (Å²) in [5.41, 5.74) is 1.22. The predicted octanol–water partition coefficient (Wildman–Crippen LogP) is 3.29. The molecular formula is C22H19ClFN3O4S. The van der Waals surface area contributed by atoms with Crippen LogP contribution in [0.25, 0.3) is 22.2 Å². The number of nitrogens with zero attached hydrogens (tertiary/aromatic N) is 3. The van der Waals surface area contributed by atoms with Crippen LogP contribution in [0.2, 0.25) is 5.22 Å². The Balaban J connectivity index is 1.97. The van der Waals surface area contributed by atoms with E-state index in [4.69, 9.17) is 16.0 Å². The number of halogens is 2. The first-order chi connectivity index (χ1) is 15.3. The molecule has 1 N–H and O–H groups in total. The van der Waals surface area contributed by atoms with Crippen LogP contribution in [0.5, 0.6) is 0 Å². The molecule has 0 bridgehead atoms. The Labute approximate surface area is 190 Å². The summed E-state index contributed by atoms with van der Waals surface area (Å²) in [6.07, 6.45) is 0. The lowest BCUT2D eigenvalue weighted by Gasteiger charge is -2.30. The van der Waals surface area contributed by atoms with Crippen LogP contribution < -0.4 is 11.2 Å². The molecule has 166 valence electrons. The molecule has 0 saturated heterocycles. The molecule has 0 saturated carbocycles. The van der Waals surface area contributed by atoms with Crippen molar-refractivity contribution in [1.29, 1.82) is 0 Å². The molecule has 7 nitrogen and oxygen atoms in total. The standard InChI is InChI=1S/C22H19ClFN3O4S/c1-25-18-16(21(29)26(2)22(25)30)17(11-4-3-5-12(24)8-11)27-9-13(10-28)32-20(19(18)27)14-6-7-15(23)31-14/h3-8,13,20,28H,9-10H2,1-2H3. The van der Waals surface area contributed by atoms with Crippen LogP contribution in [0.3, 0.4) is 0 Å². The maximum Gasteiger partial charge on any atom is 0.331 e. The minimum Gasteiger partial charge on any atom is -0.448 e. The molecule has 2 unspecified atom stereocenters. The quantitative estimate of drug-likeness (QED) is 0.491. The van der Waals surface area contributed by atoms with Gasteiger partial charge in [-0.05, 0) is 35.9 Å². The number of furan rings is 1. The Morgan fingerprint density at radius 2 is 2.00 bits per heavy atom. The largest absolute Gasteiger partial charge is 0.448 e. The first kappa shape index (κ1) is 21.1. The zero-order valence-corrected chi connectivity index (χ0v) is 18.8. The van der Waals surface area contributed by atoms with Crippen molar-refractivity contribution >= 4 is 34.3 Å². The smallest absolute Gasteiger partial charge is 0.331 e. The molecule has 10 heteroatoms. The number of benzene rings is 1. The van der Waals surface area contributed by atoms with Crippen LogP contribution in [0.15, 0.2) is 50.4 Å². The number of aryl methyl sites for hydroxylation is 1. The van der Waals surface area contributed by atoms with Gasteiger partial charge >= 0.3 is 5.69 Å². The van der Waals surface area contributed by atoms with E-state index in [0.29, 0.717) is 40.2 Å². The molecule has 1 aliphatic heterocycles. The van der Waals surface area contributed by atoms with Gasteiger partial charge < -0.3 is 14.1 Å². The third-order valence-corrected chi connectivity index (χ3v) is 7.44. The molecule has 2 atom stereocenters. The summed E-state index contributed by atoms with van der Waals surface area (Å²) in [6.45, 7) is 0.266. The van der Waals surface area contributed by atoms with E-state index < -0.39 is 22.3 Å². The molecule has 0 aliphatic carbocycles. The lowest BCUT2D eigenvalue weighted by molar-refractivity contribution is 0.283. The summed E-state index contributed by atoms with van der Waals surface area (Å²) in [4.78, 5) is 26.2. The number of aliphatic hydroxyl groups excluding tert-OH is 1. The van der Waals surface area contributed by atoms with E-state index in [1.54, 1.807) is 31.3 Å². The Hall–Kier alpha value is -2.75. The van der Waals surface area contributed by atoms with Gasteiger partial charge in [0.15, 0.2) is 5.22 Å². The molecule has 1 aliphatic rings. The molecule has 4 heterocycles. The SMILES string of the molecule is Cn1c(=O)c2c(-c3cccc(F)c3)n3c(c2n(C)c1=O)C(c1ccc(Cl)o1)SC(CO)C3. The van der Waals surface area contributed by atoms with E-state index in [1.165, 1.54) is 35.5 Å². The van der Waals surface area contributed by atoms with E-state index in [-0.39, 0.29) is 17.1 Å². The van der Waals surface area contributed by atoms with Crippen LogP contribution in [-0.4, -0.2) is 30.7 Å². The van der Waals surface area contributed by atoms with Crippen LogP contribution in [-0.2, 0) is 20.6 Å². The van der Waals surface area contributed by atoms with Gasteiger partial charge in [0.1, 0.15) is 16.8 Å². The molecule has 0 spiro atoms. The lowest BCUT2D eigenvalue weighted by Crippen LogP contribution is -2.37. The van der Waals surface area contributed by atoms with Crippen molar-refractivity contribution in [2.24, 2.45) is 14.1 Å². The number of rotatable bonds is 3. The zero-order chi connectivity index (χ0) is 22.7. The number of thioether (sulfide) groups is 1. The monoisotopic (exact) mass is 475 g/mol. The summed E-state index contributed by atoms with van der Waals surface area (Å²) in [7, 11) is 3.03. The van der Waals surface area contributed by atoms with E-state index in [1.807, 2.05) is 4.57 Å². The second-order valence-corrected chi connectivity index (χ2v) is 9.53. The first-order valence-corrected chi connectivity index (χ1v) is 11.2. The van der Waals surface area contributed by atoms with Gasteiger partial charge in [-0.2, -0.15) is 0 Å². The molecule has 3 aromatic heterocycles. The Morgan fingerprint density at radius 3 is 2.66 bits per heavy atom. The highest BCUT2D eigenvalue weighted by molar-refractivity contribution is 8.00. The van der Waals surface area contributed by atoms with E-state index >= 15 is 0 Å². The van der Waals surface area contributed by atoms with Gasteiger partial charge in [-0.15, -0.1) is 11.8 Å². The highest BCUT2D eigenvalue weighted by Crippen LogP contribution is 2.49. The van der Waals surface area contributed by atoms with Gasteiger partial charge in [0.05, 0.1) is 28.9 Å². The maximum atomic E-state index is 14.2. The maximum absolute atomic E-state index is 14.2. The van der Waals surface area contributed by atoms with Crippen molar-refractivity contribution in [3.63, 3.8) is 0 Å². The normalized spacial score (nSPS) is 18.3. The van der Waals surface area contributed by atoms with Crippen molar-refractivity contribution in [2.45, 2.75) is 17.0 Å².